The summed E-state index contributed by atoms with van der Waals surface area (Å²) < 4.78 is 29.8. The first-order valence-electron chi connectivity index (χ1n) is 14.3. The Bertz CT molecular complexity index is 1590. The molecule has 4 aromatic rings. The molecular formula is C34H36BrN3O4S. The van der Waals surface area contributed by atoms with E-state index in [0.717, 1.165) is 28.3 Å². The minimum Gasteiger partial charge on any atom is -0.354 e. The second kappa shape index (κ2) is 15.5. The molecule has 4 aromatic carbocycles. The van der Waals surface area contributed by atoms with E-state index in [0.29, 0.717) is 16.7 Å². The van der Waals surface area contributed by atoms with Crippen LogP contribution >= 0.6 is 15.9 Å². The molecule has 1 unspecified atom stereocenters. The molecule has 2 amide bonds. The summed E-state index contributed by atoms with van der Waals surface area (Å²) in [6.07, 6.45) is 2.00. The lowest BCUT2D eigenvalue weighted by molar-refractivity contribution is -0.140. The molecule has 0 aromatic heterocycles. The maximum Gasteiger partial charge on any atom is 0.264 e. The van der Waals surface area contributed by atoms with Gasteiger partial charge in [-0.2, -0.15) is 0 Å². The number of carbonyl (C=O) groups is 2. The van der Waals surface area contributed by atoms with Crippen LogP contribution in [0.15, 0.2) is 125 Å². The van der Waals surface area contributed by atoms with Gasteiger partial charge in [-0.05, 0) is 47.9 Å². The zero-order valence-corrected chi connectivity index (χ0v) is 26.5. The number of hydrogen-bond donors (Lipinski definition) is 1. The van der Waals surface area contributed by atoms with E-state index in [1.165, 1.54) is 17.0 Å². The second-order valence-corrected chi connectivity index (χ2v) is 12.9. The number of unbranched alkanes of at least 4 members (excludes halogenated alkanes) is 1. The number of benzene rings is 4. The van der Waals surface area contributed by atoms with E-state index in [1.807, 2.05) is 67.6 Å². The molecule has 0 fully saturated rings. The molecule has 1 N–H and O–H groups in total. The SMILES string of the molecule is CCCCNC(=O)C(Cc1ccccc1)N(Cc1ccccc1)C(=O)CN(c1cccc(Br)c1)S(=O)(=O)c1ccccc1. The van der Waals surface area contributed by atoms with Crippen molar-refractivity contribution in [2.24, 2.45) is 0 Å². The summed E-state index contributed by atoms with van der Waals surface area (Å²) in [5.41, 5.74) is 2.05. The Hall–Kier alpha value is -3.95. The highest BCUT2D eigenvalue weighted by Crippen LogP contribution is 2.27. The van der Waals surface area contributed by atoms with Crippen LogP contribution in [0.4, 0.5) is 5.69 Å². The summed E-state index contributed by atoms with van der Waals surface area (Å²) in [5, 5.41) is 3.00. The Morgan fingerprint density at radius 1 is 0.814 bits per heavy atom. The molecule has 0 heterocycles. The molecule has 0 saturated carbocycles. The summed E-state index contributed by atoms with van der Waals surface area (Å²) in [4.78, 5) is 29.7. The van der Waals surface area contributed by atoms with Gasteiger partial charge in [0, 0.05) is 24.0 Å². The first-order valence-corrected chi connectivity index (χ1v) is 16.5. The summed E-state index contributed by atoms with van der Waals surface area (Å²) in [7, 11) is -4.13. The van der Waals surface area contributed by atoms with Crippen molar-refractivity contribution in [2.75, 3.05) is 17.4 Å². The Morgan fingerprint density at radius 2 is 1.42 bits per heavy atom. The van der Waals surface area contributed by atoms with Gasteiger partial charge in [0.2, 0.25) is 11.8 Å². The normalized spacial score (nSPS) is 11.9. The molecule has 1 atom stereocenters. The zero-order valence-electron chi connectivity index (χ0n) is 24.1. The van der Waals surface area contributed by atoms with Gasteiger partial charge < -0.3 is 10.2 Å². The van der Waals surface area contributed by atoms with Crippen LogP contribution in [0.5, 0.6) is 0 Å². The van der Waals surface area contributed by atoms with Gasteiger partial charge in [0.1, 0.15) is 12.6 Å². The fourth-order valence-electron chi connectivity index (χ4n) is 4.72. The highest BCUT2D eigenvalue weighted by Gasteiger charge is 2.34. The molecule has 0 aliphatic heterocycles. The standard InChI is InChI=1S/C34H36BrN3O4S/c1-2-3-22-36-34(40)32(23-27-14-7-4-8-15-27)37(25-28-16-9-5-10-17-28)33(39)26-38(30-19-13-18-29(35)24-30)43(41,42)31-20-11-6-12-21-31/h4-21,24,32H,2-3,22-23,25-26H2,1H3,(H,36,40). The Kier molecular flexibility index (Phi) is 11.5. The van der Waals surface area contributed by atoms with Crippen LogP contribution in [-0.4, -0.2) is 44.3 Å². The third kappa shape index (κ3) is 8.78. The van der Waals surface area contributed by atoms with Crippen molar-refractivity contribution in [3.05, 3.63) is 131 Å². The molecular weight excluding hydrogens is 626 g/mol. The molecule has 0 radical (unpaired) electrons. The molecule has 0 saturated heterocycles. The summed E-state index contributed by atoms with van der Waals surface area (Å²) in [6.45, 7) is 2.17. The van der Waals surface area contributed by atoms with Gasteiger partial charge in [-0.3, -0.25) is 13.9 Å². The highest BCUT2D eigenvalue weighted by atomic mass is 79.9. The van der Waals surface area contributed by atoms with Crippen molar-refractivity contribution in [1.29, 1.82) is 0 Å². The van der Waals surface area contributed by atoms with Crippen molar-refractivity contribution in [3.63, 3.8) is 0 Å². The molecule has 0 bridgehead atoms. The van der Waals surface area contributed by atoms with Gasteiger partial charge in [0.05, 0.1) is 10.6 Å². The van der Waals surface area contributed by atoms with Crippen LogP contribution in [0.3, 0.4) is 0 Å². The zero-order chi connectivity index (χ0) is 30.7. The highest BCUT2D eigenvalue weighted by molar-refractivity contribution is 9.10. The van der Waals surface area contributed by atoms with Crippen molar-refractivity contribution in [2.45, 2.75) is 43.7 Å². The number of hydrogen-bond acceptors (Lipinski definition) is 4. The van der Waals surface area contributed by atoms with E-state index in [4.69, 9.17) is 0 Å². The Balaban J connectivity index is 1.77. The van der Waals surface area contributed by atoms with Crippen LogP contribution in [-0.2, 0) is 32.6 Å². The molecule has 0 aliphatic carbocycles. The van der Waals surface area contributed by atoms with E-state index in [1.54, 1.807) is 42.5 Å². The average Bonchev–Trinajstić information content (AvgIpc) is 3.03. The number of amides is 2. The third-order valence-electron chi connectivity index (χ3n) is 7.00. The lowest BCUT2D eigenvalue weighted by Gasteiger charge is -2.34. The third-order valence-corrected chi connectivity index (χ3v) is 9.28. The first kappa shape index (κ1) is 32.0. The monoisotopic (exact) mass is 661 g/mol. The van der Waals surface area contributed by atoms with Crippen LogP contribution < -0.4 is 9.62 Å². The second-order valence-electron chi connectivity index (χ2n) is 10.2. The largest absolute Gasteiger partial charge is 0.354 e. The quantitative estimate of drug-likeness (QED) is 0.163. The predicted molar refractivity (Wildman–Crippen MR) is 174 cm³/mol. The molecule has 0 aliphatic rings. The molecule has 9 heteroatoms. The average molecular weight is 663 g/mol. The fraction of sp³-hybridized carbons (Fsp3) is 0.235. The van der Waals surface area contributed by atoms with E-state index >= 15 is 0 Å². The molecule has 43 heavy (non-hydrogen) atoms. The van der Waals surface area contributed by atoms with E-state index < -0.39 is 28.5 Å². The smallest absolute Gasteiger partial charge is 0.264 e. The first-order chi connectivity index (χ1) is 20.8. The summed E-state index contributed by atoms with van der Waals surface area (Å²) in [6, 6.07) is 32.9. The van der Waals surface area contributed by atoms with Gasteiger partial charge in [-0.25, -0.2) is 8.42 Å². The van der Waals surface area contributed by atoms with E-state index in [9.17, 15) is 18.0 Å². The number of rotatable bonds is 14. The molecule has 4 rings (SSSR count). The van der Waals surface area contributed by atoms with E-state index in [2.05, 4.69) is 21.2 Å². The van der Waals surface area contributed by atoms with Crippen LogP contribution in [0, 0.1) is 0 Å². The van der Waals surface area contributed by atoms with Crippen LogP contribution in [0.25, 0.3) is 0 Å². The number of halogens is 1. The molecule has 7 nitrogen and oxygen atoms in total. The van der Waals surface area contributed by atoms with Gasteiger partial charge in [0.15, 0.2) is 0 Å². The molecule has 224 valence electrons. The minimum atomic E-state index is -4.13. The maximum absolute atomic E-state index is 14.4. The van der Waals surface area contributed by atoms with E-state index in [-0.39, 0.29) is 23.8 Å². The van der Waals surface area contributed by atoms with Crippen LogP contribution in [0.1, 0.15) is 30.9 Å². The lowest BCUT2D eigenvalue weighted by atomic mass is 10.0. The van der Waals surface area contributed by atoms with Crippen molar-refractivity contribution >= 4 is 43.5 Å². The molecule has 0 spiro atoms. The number of anilines is 1. The van der Waals surface area contributed by atoms with Gasteiger partial charge in [-0.1, -0.05) is 114 Å². The number of nitrogens with one attached hydrogen (secondary N) is 1. The van der Waals surface area contributed by atoms with Gasteiger partial charge in [0.25, 0.3) is 10.0 Å². The summed E-state index contributed by atoms with van der Waals surface area (Å²) in [5.74, 6) is -0.767. The topological polar surface area (TPSA) is 86.8 Å². The number of nitrogens with zero attached hydrogens (tertiary/aromatic N) is 2. The predicted octanol–water partition coefficient (Wildman–Crippen LogP) is 6.20. The number of sulfonamides is 1. The fourth-order valence-corrected chi connectivity index (χ4v) is 6.53. The van der Waals surface area contributed by atoms with Crippen molar-refractivity contribution < 1.29 is 18.0 Å². The maximum atomic E-state index is 14.4. The van der Waals surface area contributed by atoms with Gasteiger partial charge >= 0.3 is 0 Å². The Labute approximate surface area is 262 Å². The lowest BCUT2D eigenvalue weighted by Crippen LogP contribution is -2.53. The van der Waals surface area contributed by atoms with Crippen molar-refractivity contribution in [3.8, 4) is 0 Å². The van der Waals surface area contributed by atoms with Gasteiger partial charge in [-0.15, -0.1) is 0 Å². The minimum absolute atomic E-state index is 0.0653. The summed E-state index contributed by atoms with van der Waals surface area (Å²) >= 11 is 3.43. The Morgan fingerprint density at radius 3 is 2.02 bits per heavy atom. The number of carbonyl (C=O) groups excluding carboxylic acids is 2. The van der Waals surface area contributed by atoms with Crippen LogP contribution in [0.2, 0.25) is 0 Å². The van der Waals surface area contributed by atoms with Crippen molar-refractivity contribution in [1.82, 2.24) is 10.2 Å².